The second kappa shape index (κ2) is 10.4. The molecule has 0 aliphatic rings. The highest BCUT2D eigenvalue weighted by molar-refractivity contribution is 6.31. The van der Waals surface area contributed by atoms with Crippen LogP contribution in [-0.2, 0) is 11.3 Å². The minimum atomic E-state index is -0.291. The second-order valence-corrected chi connectivity index (χ2v) is 7.34. The summed E-state index contributed by atoms with van der Waals surface area (Å²) in [4.78, 5) is 14.2. The molecule has 1 atom stereocenters. The molecule has 2 rings (SSSR count). The lowest BCUT2D eigenvalue weighted by Crippen LogP contribution is -2.33. The third kappa shape index (κ3) is 5.91. The summed E-state index contributed by atoms with van der Waals surface area (Å²) < 4.78 is 15.3. The number of carbonyl (C=O) groups is 1. The number of benzene rings is 1. The first-order valence-electron chi connectivity index (χ1n) is 9.44. The summed E-state index contributed by atoms with van der Waals surface area (Å²) in [5.41, 5.74) is 2.35. The van der Waals surface area contributed by atoms with Crippen molar-refractivity contribution in [3.63, 3.8) is 0 Å². The Hall–Kier alpha value is -2.18. The fourth-order valence-electron chi connectivity index (χ4n) is 2.94. The number of unbranched alkanes of at least 4 members (excludes halogenated alkanes) is 1. The average molecular weight is 407 g/mol. The number of amides is 1. The molecule has 1 heterocycles. The van der Waals surface area contributed by atoms with Crippen LogP contribution in [0.3, 0.4) is 0 Å². The Balaban J connectivity index is 2.02. The topological polar surface area (TPSA) is 50.2 Å². The van der Waals surface area contributed by atoms with Gasteiger partial charge in [-0.15, -0.1) is 0 Å². The van der Waals surface area contributed by atoms with Crippen molar-refractivity contribution in [2.45, 2.75) is 39.3 Å². The van der Waals surface area contributed by atoms with Gasteiger partial charge in [0.25, 0.3) is 0 Å². The van der Waals surface area contributed by atoms with E-state index in [1.54, 1.807) is 16.8 Å². The van der Waals surface area contributed by atoms with Crippen molar-refractivity contribution >= 4 is 23.6 Å². The quantitative estimate of drug-likeness (QED) is 0.634. The lowest BCUT2D eigenvalue weighted by atomic mass is 10.1. The van der Waals surface area contributed by atoms with Gasteiger partial charge in [-0.25, -0.2) is 4.39 Å². The van der Waals surface area contributed by atoms with Crippen molar-refractivity contribution in [3.05, 3.63) is 58.1 Å². The molecule has 1 aromatic heterocycles. The zero-order valence-corrected chi connectivity index (χ0v) is 17.6. The molecule has 0 aliphatic carbocycles. The van der Waals surface area contributed by atoms with Crippen LogP contribution in [0.25, 0.3) is 6.08 Å². The Labute approximate surface area is 171 Å². The molecule has 2 aromatic rings. The number of nitrogens with one attached hydrogen (secondary N) is 1. The molecule has 0 bridgehead atoms. The smallest absolute Gasteiger partial charge is 0.244 e. The molecule has 0 radical (unpaired) electrons. The maximum Gasteiger partial charge on any atom is 0.244 e. The van der Waals surface area contributed by atoms with Gasteiger partial charge in [0.1, 0.15) is 11.0 Å². The summed E-state index contributed by atoms with van der Waals surface area (Å²) >= 11 is 6.39. The van der Waals surface area contributed by atoms with Crippen LogP contribution in [-0.4, -0.2) is 41.2 Å². The van der Waals surface area contributed by atoms with E-state index in [-0.39, 0.29) is 17.8 Å². The standard InChI is InChI=1S/C21H28ClFN4O/c1-5-6-12-27-21(22)18(15(2)25-27)10-11-20(28)24-14-19(26(3)4)16-8-7-9-17(23)13-16/h7-11,13,19H,5-6,12,14H2,1-4H3,(H,24,28)/b11-10+. The molecule has 1 amide bonds. The largest absolute Gasteiger partial charge is 0.351 e. The summed E-state index contributed by atoms with van der Waals surface area (Å²) in [6.45, 7) is 5.11. The molecule has 0 fully saturated rings. The van der Waals surface area contributed by atoms with Gasteiger partial charge in [0.2, 0.25) is 5.91 Å². The first-order valence-corrected chi connectivity index (χ1v) is 9.82. The van der Waals surface area contributed by atoms with Gasteiger partial charge >= 0.3 is 0 Å². The van der Waals surface area contributed by atoms with E-state index in [1.807, 2.05) is 32.0 Å². The summed E-state index contributed by atoms with van der Waals surface area (Å²) in [6, 6.07) is 6.29. The van der Waals surface area contributed by atoms with Gasteiger partial charge in [0.15, 0.2) is 0 Å². The number of likely N-dealkylation sites (N-methyl/N-ethyl adjacent to an activating group) is 1. The van der Waals surface area contributed by atoms with E-state index < -0.39 is 0 Å². The van der Waals surface area contributed by atoms with E-state index in [9.17, 15) is 9.18 Å². The molecule has 28 heavy (non-hydrogen) atoms. The van der Waals surface area contributed by atoms with E-state index in [0.29, 0.717) is 11.7 Å². The molecular formula is C21H28ClFN4O. The molecule has 1 unspecified atom stereocenters. The zero-order chi connectivity index (χ0) is 20.7. The summed E-state index contributed by atoms with van der Waals surface area (Å²) in [5.74, 6) is -0.527. The highest BCUT2D eigenvalue weighted by Gasteiger charge is 2.16. The highest BCUT2D eigenvalue weighted by Crippen LogP contribution is 2.22. The first kappa shape index (κ1) is 22.1. The van der Waals surface area contributed by atoms with E-state index in [4.69, 9.17) is 11.6 Å². The lowest BCUT2D eigenvalue weighted by Gasteiger charge is -2.24. The van der Waals surface area contributed by atoms with E-state index in [0.717, 1.165) is 36.2 Å². The number of rotatable bonds is 9. The molecule has 152 valence electrons. The molecule has 0 spiro atoms. The van der Waals surface area contributed by atoms with Gasteiger partial charge in [0, 0.05) is 24.7 Å². The van der Waals surface area contributed by atoms with Crippen molar-refractivity contribution in [2.75, 3.05) is 20.6 Å². The van der Waals surface area contributed by atoms with Crippen LogP contribution in [0.15, 0.2) is 30.3 Å². The van der Waals surface area contributed by atoms with Crippen LogP contribution < -0.4 is 5.32 Å². The number of carbonyl (C=O) groups excluding carboxylic acids is 1. The van der Waals surface area contributed by atoms with Crippen LogP contribution >= 0.6 is 11.6 Å². The van der Waals surface area contributed by atoms with Crippen LogP contribution in [0.2, 0.25) is 5.15 Å². The maximum atomic E-state index is 13.5. The molecule has 7 heteroatoms. The van der Waals surface area contributed by atoms with E-state index in [2.05, 4.69) is 17.3 Å². The minimum absolute atomic E-state index is 0.129. The average Bonchev–Trinajstić information content (AvgIpc) is 2.91. The molecule has 5 nitrogen and oxygen atoms in total. The van der Waals surface area contributed by atoms with Crippen molar-refractivity contribution in [1.82, 2.24) is 20.0 Å². The highest BCUT2D eigenvalue weighted by atomic mass is 35.5. The SMILES string of the molecule is CCCCn1nc(C)c(/C=C/C(=O)NCC(c2cccc(F)c2)N(C)C)c1Cl. The van der Waals surface area contributed by atoms with Gasteiger partial charge < -0.3 is 10.2 Å². The van der Waals surface area contributed by atoms with Crippen molar-refractivity contribution in [1.29, 1.82) is 0 Å². The summed E-state index contributed by atoms with van der Waals surface area (Å²) in [5, 5.41) is 7.85. The van der Waals surface area contributed by atoms with Crippen molar-refractivity contribution in [2.24, 2.45) is 0 Å². The fourth-order valence-corrected chi connectivity index (χ4v) is 3.26. The maximum absolute atomic E-state index is 13.5. The van der Waals surface area contributed by atoms with Gasteiger partial charge in [-0.05, 0) is 51.2 Å². The number of nitrogens with zero attached hydrogens (tertiary/aromatic N) is 3. The normalized spacial score (nSPS) is 12.7. The van der Waals surface area contributed by atoms with Gasteiger partial charge in [0.05, 0.1) is 11.7 Å². The monoisotopic (exact) mass is 406 g/mol. The molecule has 1 N–H and O–H groups in total. The lowest BCUT2D eigenvalue weighted by molar-refractivity contribution is -0.116. The van der Waals surface area contributed by atoms with Crippen molar-refractivity contribution < 1.29 is 9.18 Å². The summed E-state index contributed by atoms with van der Waals surface area (Å²) in [7, 11) is 3.79. The third-order valence-corrected chi connectivity index (χ3v) is 4.96. The van der Waals surface area contributed by atoms with Crippen molar-refractivity contribution in [3.8, 4) is 0 Å². The minimum Gasteiger partial charge on any atom is -0.351 e. The van der Waals surface area contributed by atoms with Gasteiger partial charge in [-0.3, -0.25) is 9.48 Å². The first-order chi connectivity index (χ1) is 13.3. The van der Waals surface area contributed by atoms with Crippen LogP contribution in [0.4, 0.5) is 4.39 Å². The molecule has 1 aromatic carbocycles. The molecular weight excluding hydrogens is 379 g/mol. The Morgan fingerprint density at radius 2 is 2.18 bits per heavy atom. The van der Waals surface area contributed by atoms with Crippen LogP contribution in [0.1, 0.15) is 42.6 Å². The summed E-state index contributed by atoms with van der Waals surface area (Å²) in [6.07, 6.45) is 5.20. The number of hydrogen-bond acceptors (Lipinski definition) is 3. The predicted octanol–water partition coefficient (Wildman–Crippen LogP) is 4.22. The van der Waals surface area contributed by atoms with Gasteiger partial charge in [-0.2, -0.15) is 5.10 Å². The number of hydrogen-bond donors (Lipinski definition) is 1. The Kier molecular flexibility index (Phi) is 8.20. The second-order valence-electron chi connectivity index (χ2n) is 6.98. The Morgan fingerprint density at radius 3 is 2.82 bits per heavy atom. The Bertz CT molecular complexity index is 832. The molecule has 0 saturated heterocycles. The predicted molar refractivity (Wildman–Crippen MR) is 112 cm³/mol. The van der Waals surface area contributed by atoms with Gasteiger partial charge in [-0.1, -0.05) is 37.1 Å². The van der Waals surface area contributed by atoms with E-state index in [1.165, 1.54) is 18.2 Å². The van der Waals surface area contributed by atoms with Crippen LogP contribution in [0, 0.1) is 12.7 Å². The third-order valence-electron chi connectivity index (χ3n) is 4.56. The number of aryl methyl sites for hydroxylation is 2. The fraction of sp³-hybridized carbons (Fsp3) is 0.429. The number of halogens is 2. The zero-order valence-electron chi connectivity index (χ0n) is 16.9. The Morgan fingerprint density at radius 1 is 1.43 bits per heavy atom. The van der Waals surface area contributed by atoms with Crippen LogP contribution in [0.5, 0.6) is 0 Å². The van der Waals surface area contributed by atoms with E-state index >= 15 is 0 Å². The number of aromatic nitrogens is 2. The molecule has 0 aliphatic heterocycles. The molecule has 0 saturated carbocycles.